The fourth-order valence-corrected chi connectivity index (χ4v) is 1.91. The minimum absolute atomic E-state index is 0.603. The number of anilines is 1. The van der Waals surface area contributed by atoms with Gasteiger partial charge < -0.3 is 15.3 Å². The summed E-state index contributed by atoms with van der Waals surface area (Å²) < 4.78 is 5.29. The summed E-state index contributed by atoms with van der Waals surface area (Å²) in [6, 6.07) is 7.61. The van der Waals surface area contributed by atoms with E-state index >= 15 is 0 Å². The Morgan fingerprint density at radius 3 is 2.68 bits per heavy atom. The van der Waals surface area contributed by atoms with E-state index in [2.05, 4.69) is 10.1 Å². The zero-order chi connectivity index (χ0) is 13.5. The fraction of sp³-hybridized carbons (Fsp3) is 0.500. The highest BCUT2D eigenvalue weighted by molar-refractivity contribution is 5.98. The molecule has 0 aliphatic carbocycles. The van der Waals surface area contributed by atoms with Gasteiger partial charge in [0.1, 0.15) is 6.61 Å². The third-order valence-corrected chi connectivity index (χ3v) is 3.13. The molecule has 0 spiro atoms. The van der Waals surface area contributed by atoms with Crippen molar-refractivity contribution in [2.24, 2.45) is 5.16 Å². The summed E-state index contributed by atoms with van der Waals surface area (Å²) in [7, 11) is 0. The number of ether oxygens (including phenoxy) is 1. The van der Waals surface area contributed by atoms with Crippen LogP contribution < -0.4 is 5.73 Å². The smallest absolute Gasteiger partial charge is 0.129 e. The summed E-state index contributed by atoms with van der Waals surface area (Å²) in [6.07, 6.45) is 0. The first kappa shape index (κ1) is 13.8. The molecule has 0 bridgehead atoms. The number of morpholine rings is 1. The molecular weight excluding hydrogens is 242 g/mol. The predicted octanol–water partition coefficient (Wildman–Crippen LogP) is 1.34. The van der Waals surface area contributed by atoms with E-state index in [1.165, 1.54) is 0 Å². The van der Waals surface area contributed by atoms with Crippen LogP contribution in [-0.2, 0) is 9.57 Å². The molecule has 1 fully saturated rings. The van der Waals surface area contributed by atoms with Crippen LogP contribution in [0.5, 0.6) is 0 Å². The molecule has 0 saturated carbocycles. The highest BCUT2D eigenvalue weighted by atomic mass is 16.6. The van der Waals surface area contributed by atoms with Gasteiger partial charge in [0.25, 0.3) is 0 Å². The molecule has 19 heavy (non-hydrogen) atoms. The molecule has 0 aromatic heterocycles. The summed E-state index contributed by atoms with van der Waals surface area (Å²) in [6.45, 7) is 7.00. The van der Waals surface area contributed by atoms with Crippen molar-refractivity contribution in [2.75, 3.05) is 45.2 Å². The lowest BCUT2D eigenvalue weighted by Gasteiger charge is -2.25. The van der Waals surface area contributed by atoms with E-state index in [1.54, 1.807) is 0 Å². The molecule has 1 aliphatic rings. The fourth-order valence-electron chi connectivity index (χ4n) is 1.91. The van der Waals surface area contributed by atoms with Gasteiger partial charge in [-0.05, 0) is 24.6 Å². The topological polar surface area (TPSA) is 60.1 Å². The van der Waals surface area contributed by atoms with Crippen molar-refractivity contribution in [1.82, 2.24) is 4.90 Å². The number of rotatable bonds is 5. The molecule has 2 N–H and O–H groups in total. The van der Waals surface area contributed by atoms with Crippen LogP contribution in [0, 0.1) is 0 Å². The van der Waals surface area contributed by atoms with Crippen molar-refractivity contribution < 1.29 is 9.57 Å². The van der Waals surface area contributed by atoms with E-state index in [9.17, 15) is 0 Å². The lowest BCUT2D eigenvalue weighted by Crippen LogP contribution is -2.38. The van der Waals surface area contributed by atoms with Crippen molar-refractivity contribution in [2.45, 2.75) is 6.92 Å². The molecule has 0 atom stereocenters. The Morgan fingerprint density at radius 2 is 2.00 bits per heavy atom. The zero-order valence-electron chi connectivity index (χ0n) is 11.3. The lowest BCUT2D eigenvalue weighted by atomic mass is 10.1. The summed E-state index contributed by atoms with van der Waals surface area (Å²) in [5.41, 5.74) is 8.29. The van der Waals surface area contributed by atoms with Gasteiger partial charge in [0.2, 0.25) is 0 Å². The second-order valence-corrected chi connectivity index (χ2v) is 4.59. The summed E-state index contributed by atoms with van der Waals surface area (Å²) in [5, 5.41) is 4.13. The zero-order valence-corrected chi connectivity index (χ0v) is 11.3. The molecule has 0 amide bonds. The van der Waals surface area contributed by atoms with Crippen LogP contribution >= 0.6 is 0 Å². The van der Waals surface area contributed by atoms with E-state index in [-0.39, 0.29) is 0 Å². The Bertz CT molecular complexity index is 411. The van der Waals surface area contributed by atoms with Gasteiger partial charge in [0, 0.05) is 25.3 Å². The van der Waals surface area contributed by atoms with E-state index in [0.29, 0.717) is 6.61 Å². The van der Waals surface area contributed by atoms with Gasteiger partial charge in [0.05, 0.1) is 18.9 Å². The Kier molecular flexibility index (Phi) is 5.18. The molecule has 2 rings (SSSR count). The summed E-state index contributed by atoms with van der Waals surface area (Å²) in [5.74, 6) is 0. The predicted molar refractivity (Wildman–Crippen MR) is 76.3 cm³/mol. The minimum atomic E-state index is 0.603. The molecule has 5 nitrogen and oxygen atoms in total. The van der Waals surface area contributed by atoms with Crippen LogP contribution in [0.15, 0.2) is 29.4 Å². The Labute approximate surface area is 114 Å². The standard InChI is InChI=1S/C14H21N3O2/c1-12(13-2-4-14(15)5-3-13)16-19-11-8-17-6-9-18-10-7-17/h2-5H,6-11,15H2,1H3. The van der Waals surface area contributed by atoms with Gasteiger partial charge in [0.15, 0.2) is 0 Å². The molecule has 1 saturated heterocycles. The minimum Gasteiger partial charge on any atom is -0.399 e. The average molecular weight is 263 g/mol. The third-order valence-electron chi connectivity index (χ3n) is 3.13. The van der Waals surface area contributed by atoms with Gasteiger partial charge >= 0.3 is 0 Å². The van der Waals surface area contributed by atoms with E-state index in [1.807, 2.05) is 31.2 Å². The average Bonchev–Trinajstić information content (AvgIpc) is 2.45. The lowest BCUT2D eigenvalue weighted by molar-refractivity contribution is 0.0212. The van der Waals surface area contributed by atoms with Crippen molar-refractivity contribution in [3.8, 4) is 0 Å². The number of oxime groups is 1. The first-order valence-corrected chi connectivity index (χ1v) is 6.58. The second-order valence-electron chi connectivity index (χ2n) is 4.59. The van der Waals surface area contributed by atoms with Gasteiger partial charge in [-0.3, -0.25) is 4.90 Å². The van der Waals surface area contributed by atoms with Gasteiger partial charge in [-0.1, -0.05) is 17.3 Å². The van der Waals surface area contributed by atoms with Crippen LogP contribution in [-0.4, -0.2) is 50.1 Å². The van der Waals surface area contributed by atoms with Crippen LogP contribution in [0.4, 0.5) is 5.69 Å². The molecule has 1 aromatic rings. The van der Waals surface area contributed by atoms with Crippen LogP contribution in [0.2, 0.25) is 0 Å². The van der Waals surface area contributed by atoms with Crippen molar-refractivity contribution >= 4 is 11.4 Å². The first-order chi connectivity index (χ1) is 9.25. The summed E-state index contributed by atoms with van der Waals surface area (Å²) in [4.78, 5) is 7.67. The van der Waals surface area contributed by atoms with Crippen LogP contribution in [0.3, 0.4) is 0 Å². The first-order valence-electron chi connectivity index (χ1n) is 6.58. The summed E-state index contributed by atoms with van der Waals surface area (Å²) >= 11 is 0. The Hall–Kier alpha value is -1.59. The maximum Gasteiger partial charge on any atom is 0.129 e. The molecule has 5 heteroatoms. The van der Waals surface area contributed by atoms with Gasteiger partial charge in [-0.15, -0.1) is 0 Å². The Morgan fingerprint density at radius 1 is 1.32 bits per heavy atom. The molecule has 0 radical (unpaired) electrons. The number of nitrogens with zero attached hydrogens (tertiary/aromatic N) is 2. The van der Waals surface area contributed by atoms with E-state index in [0.717, 1.165) is 49.8 Å². The number of nitrogens with two attached hydrogens (primary N) is 1. The number of nitrogen functional groups attached to an aromatic ring is 1. The number of hydrogen-bond donors (Lipinski definition) is 1. The largest absolute Gasteiger partial charge is 0.399 e. The number of hydrogen-bond acceptors (Lipinski definition) is 5. The van der Waals surface area contributed by atoms with Crippen molar-refractivity contribution in [3.63, 3.8) is 0 Å². The normalized spacial score (nSPS) is 17.4. The molecule has 104 valence electrons. The highest BCUT2D eigenvalue weighted by Gasteiger charge is 2.09. The number of benzene rings is 1. The molecular formula is C14H21N3O2. The van der Waals surface area contributed by atoms with Crippen LogP contribution in [0.1, 0.15) is 12.5 Å². The maximum absolute atomic E-state index is 5.64. The highest BCUT2D eigenvalue weighted by Crippen LogP contribution is 2.07. The SMILES string of the molecule is CC(=NOCCN1CCOCC1)c1ccc(N)cc1. The molecule has 1 heterocycles. The van der Waals surface area contributed by atoms with Crippen LogP contribution in [0.25, 0.3) is 0 Å². The Balaban J connectivity index is 1.73. The van der Waals surface area contributed by atoms with Crippen molar-refractivity contribution in [1.29, 1.82) is 0 Å². The molecule has 1 aliphatic heterocycles. The van der Waals surface area contributed by atoms with E-state index in [4.69, 9.17) is 15.3 Å². The molecule has 0 unspecified atom stereocenters. The second kappa shape index (κ2) is 7.11. The third kappa shape index (κ3) is 4.54. The van der Waals surface area contributed by atoms with Gasteiger partial charge in [-0.2, -0.15) is 0 Å². The van der Waals surface area contributed by atoms with Crippen molar-refractivity contribution in [3.05, 3.63) is 29.8 Å². The monoisotopic (exact) mass is 263 g/mol. The quantitative estimate of drug-likeness (QED) is 0.377. The van der Waals surface area contributed by atoms with E-state index < -0.39 is 0 Å². The maximum atomic E-state index is 5.64. The molecule has 1 aromatic carbocycles. The van der Waals surface area contributed by atoms with Gasteiger partial charge in [-0.25, -0.2) is 0 Å².